The molecular formula is C19H21NO7S. The van der Waals surface area contributed by atoms with Gasteiger partial charge < -0.3 is 14.6 Å². The Morgan fingerprint density at radius 2 is 1.93 bits per heavy atom. The molecule has 2 unspecified atom stereocenters. The van der Waals surface area contributed by atoms with E-state index in [0.29, 0.717) is 5.75 Å². The molecule has 3 N–H and O–H groups in total. The maximum Gasteiger partial charge on any atom is 0.279 e. The largest absolute Gasteiger partial charge is 0.497 e. The molecule has 2 aromatic carbocycles. The van der Waals surface area contributed by atoms with Crippen LogP contribution in [-0.4, -0.2) is 55.8 Å². The van der Waals surface area contributed by atoms with Crippen molar-refractivity contribution in [3.63, 3.8) is 0 Å². The molecule has 0 saturated carbocycles. The molecular weight excluding hydrogens is 386 g/mol. The number of rotatable bonds is 5. The van der Waals surface area contributed by atoms with Crippen LogP contribution in [0.15, 0.2) is 53.4 Å². The standard InChI is InChI=1S/C19H21NO7S/c1-26-15-4-2-3-14(11-15)13-5-7-16(8-6-13)28(24,25)17-9-10-27-12-19(17,22)18(21)20-23/h2-8,11,17,22-23H,9-10,12H2,1H3,(H,20,21). The number of methoxy groups -OCH3 is 1. The van der Waals surface area contributed by atoms with Gasteiger partial charge in [-0.05, 0) is 41.8 Å². The number of nitrogens with one attached hydrogen (secondary N) is 1. The van der Waals surface area contributed by atoms with Gasteiger partial charge in [0.15, 0.2) is 15.4 Å². The Hall–Kier alpha value is -2.46. The Bertz CT molecular complexity index is 959. The van der Waals surface area contributed by atoms with Crippen LogP contribution in [0.4, 0.5) is 0 Å². The summed E-state index contributed by atoms with van der Waals surface area (Å²) in [6, 6.07) is 13.5. The summed E-state index contributed by atoms with van der Waals surface area (Å²) in [4.78, 5) is 11.9. The summed E-state index contributed by atoms with van der Waals surface area (Å²) in [5, 5.41) is 18.0. The number of hydroxylamine groups is 1. The number of carbonyl (C=O) groups is 1. The van der Waals surface area contributed by atoms with Crippen LogP contribution < -0.4 is 10.2 Å². The Morgan fingerprint density at radius 3 is 2.57 bits per heavy atom. The third-order valence-corrected chi connectivity index (χ3v) is 7.14. The van der Waals surface area contributed by atoms with Crippen LogP contribution in [0.2, 0.25) is 0 Å². The number of benzene rings is 2. The van der Waals surface area contributed by atoms with Gasteiger partial charge in [0.05, 0.1) is 18.6 Å². The number of ether oxygens (including phenoxy) is 2. The minimum Gasteiger partial charge on any atom is -0.497 e. The molecule has 1 fully saturated rings. The van der Waals surface area contributed by atoms with Gasteiger partial charge >= 0.3 is 0 Å². The summed E-state index contributed by atoms with van der Waals surface area (Å²) in [6.45, 7) is -0.446. The molecule has 9 heteroatoms. The van der Waals surface area contributed by atoms with E-state index in [2.05, 4.69) is 0 Å². The molecule has 0 bridgehead atoms. The Morgan fingerprint density at radius 1 is 1.21 bits per heavy atom. The quantitative estimate of drug-likeness (QED) is 0.502. The van der Waals surface area contributed by atoms with Gasteiger partial charge in [-0.25, -0.2) is 13.9 Å². The van der Waals surface area contributed by atoms with E-state index < -0.39 is 33.2 Å². The van der Waals surface area contributed by atoms with Crippen molar-refractivity contribution in [1.29, 1.82) is 0 Å². The Balaban J connectivity index is 1.94. The van der Waals surface area contributed by atoms with Gasteiger partial charge in [-0.15, -0.1) is 0 Å². The lowest BCUT2D eigenvalue weighted by Crippen LogP contribution is -2.62. The van der Waals surface area contributed by atoms with E-state index in [-0.39, 0.29) is 17.9 Å². The first-order valence-corrected chi connectivity index (χ1v) is 10.1. The summed E-state index contributed by atoms with van der Waals surface area (Å²) in [6.07, 6.45) is -0.0795. The average molecular weight is 407 g/mol. The average Bonchev–Trinajstić information content (AvgIpc) is 2.73. The number of amides is 1. The molecule has 1 amide bonds. The second-order valence-electron chi connectivity index (χ2n) is 6.50. The van der Waals surface area contributed by atoms with Crippen LogP contribution in [0.3, 0.4) is 0 Å². The molecule has 1 aliphatic heterocycles. The molecule has 2 aromatic rings. The molecule has 28 heavy (non-hydrogen) atoms. The zero-order valence-electron chi connectivity index (χ0n) is 15.2. The smallest absolute Gasteiger partial charge is 0.279 e. The van der Waals surface area contributed by atoms with E-state index in [1.54, 1.807) is 25.3 Å². The summed E-state index contributed by atoms with van der Waals surface area (Å²) >= 11 is 0. The van der Waals surface area contributed by atoms with E-state index in [9.17, 15) is 18.3 Å². The normalized spacial score (nSPS) is 22.5. The monoisotopic (exact) mass is 407 g/mol. The molecule has 0 spiro atoms. The van der Waals surface area contributed by atoms with Crippen molar-refractivity contribution in [3.8, 4) is 16.9 Å². The van der Waals surface area contributed by atoms with Gasteiger partial charge in [0.1, 0.15) is 11.0 Å². The van der Waals surface area contributed by atoms with Crippen molar-refractivity contribution in [1.82, 2.24) is 5.48 Å². The van der Waals surface area contributed by atoms with Crippen LogP contribution >= 0.6 is 0 Å². The van der Waals surface area contributed by atoms with Gasteiger partial charge in [-0.2, -0.15) is 0 Å². The fraction of sp³-hybridized carbons (Fsp3) is 0.316. The van der Waals surface area contributed by atoms with Gasteiger partial charge in [0.25, 0.3) is 5.91 Å². The van der Waals surface area contributed by atoms with Crippen molar-refractivity contribution < 1.29 is 33.0 Å². The minimum atomic E-state index is -4.06. The number of sulfone groups is 1. The molecule has 2 atom stereocenters. The van der Waals surface area contributed by atoms with Gasteiger partial charge in [0.2, 0.25) is 0 Å². The van der Waals surface area contributed by atoms with E-state index in [0.717, 1.165) is 11.1 Å². The van der Waals surface area contributed by atoms with Crippen molar-refractivity contribution in [2.45, 2.75) is 22.2 Å². The van der Waals surface area contributed by atoms with Crippen molar-refractivity contribution >= 4 is 15.7 Å². The third-order valence-electron chi connectivity index (χ3n) is 4.83. The molecule has 0 radical (unpaired) electrons. The Kier molecular flexibility index (Phi) is 5.71. The summed E-state index contributed by atoms with van der Waals surface area (Å²) in [7, 11) is -2.50. The van der Waals surface area contributed by atoms with E-state index in [4.69, 9.17) is 14.7 Å². The molecule has 1 aliphatic rings. The highest BCUT2D eigenvalue weighted by molar-refractivity contribution is 7.92. The lowest BCUT2D eigenvalue weighted by atomic mass is 9.95. The molecule has 150 valence electrons. The molecule has 0 aromatic heterocycles. The second kappa shape index (κ2) is 7.88. The van der Waals surface area contributed by atoms with Gasteiger partial charge in [0, 0.05) is 6.61 Å². The predicted molar refractivity (Wildman–Crippen MR) is 99.7 cm³/mol. The number of hydrogen-bond acceptors (Lipinski definition) is 7. The maximum atomic E-state index is 13.1. The fourth-order valence-electron chi connectivity index (χ4n) is 3.27. The topological polar surface area (TPSA) is 122 Å². The highest BCUT2D eigenvalue weighted by atomic mass is 32.2. The molecule has 3 rings (SSSR count). The van der Waals surface area contributed by atoms with Crippen LogP contribution in [-0.2, 0) is 19.4 Å². The highest BCUT2D eigenvalue weighted by Gasteiger charge is 2.53. The van der Waals surface area contributed by atoms with Crippen molar-refractivity contribution in [3.05, 3.63) is 48.5 Å². The van der Waals surface area contributed by atoms with Gasteiger partial charge in [-0.1, -0.05) is 24.3 Å². The Labute approximate surface area is 162 Å². The lowest BCUT2D eigenvalue weighted by Gasteiger charge is -2.36. The second-order valence-corrected chi connectivity index (χ2v) is 8.63. The number of carbonyl (C=O) groups excluding carboxylic acids is 1. The summed E-state index contributed by atoms with van der Waals surface area (Å²) < 4.78 is 36.4. The van der Waals surface area contributed by atoms with E-state index >= 15 is 0 Å². The first kappa shape index (κ1) is 20.3. The highest BCUT2D eigenvalue weighted by Crippen LogP contribution is 2.32. The molecule has 8 nitrogen and oxygen atoms in total. The first-order chi connectivity index (χ1) is 13.3. The predicted octanol–water partition coefficient (Wildman–Crippen LogP) is 1.16. The number of hydrogen-bond donors (Lipinski definition) is 3. The van der Waals surface area contributed by atoms with Crippen LogP contribution in [0, 0.1) is 0 Å². The molecule has 1 heterocycles. The van der Waals surface area contributed by atoms with Gasteiger partial charge in [-0.3, -0.25) is 10.0 Å². The maximum absolute atomic E-state index is 13.1. The lowest BCUT2D eigenvalue weighted by molar-refractivity contribution is -0.161. The van der Waals surface area contributed by atoms with E-state index in [1.165, 1.54) is 17.6 Å². The first-order valence-electron chi connectivity index (χ1n) is 8.56. The number of aliphatic hydroxyl groups is 1. The van der Waals surface area contributed by atoms with Crippen molar-refractivity contribution in [2.24, 2.45) is 0 Å². The van der Waals surface area contributed by atoms with Crippen LogP contribution in [0.25, 0.3) is 11.1 Å². The molecule has 1 saturated heterocycles. The van der Waals surface area contributed by atoms with Crippen LogP contribution in [0.1, 0.15) is 6.42 Å². The van der Waals surface area contributed by atoms with Crippen molar-refractivity contribution in [2.75, 3.05) is 20.3 Å². The SMILES string of the molecule is COc1cccc(-c2ccc(S(=O)(=O)C3CCOCC3(O)C(=O)NO)cc2)c1. The minimum absolute atomic E-state index is 0.0322. The molecule has 0 aliphatic carbocycles. The zero-order chi connectivity index (χ0) is 20.4. The summed E-state index contributed by atoms with van der Waals surface area (Å²) in [5.41, 5.74) is 0.585. The zero-order valence-corrected chi connectivity index (χ0v) is 16.0. The fourth-order valence-corrected chi connectivity index (χ4v) is 5.21. The third kappa shape index (κ3) is 3.61. The van der Waals surface area contributed by atoms with Crippen LogP contribution in [0.5, 0.6) is 5.75 Å². The van der Waals surface area contributed by atoms with E-state index in [1.807, 2.05) is 18.2 Å². The summed E-state index contributed by atoms with van der Waals surface area (Å²) in [5.74, 6) is -0.537.